The number of likely N-dealkylation sites (tertiary alicyclic amines) is 1. The molecule has 6 nitrogen and oxygen atoms in total. The smallest absolute Gasteiger partial charge is 0.407 e. The van der Waals surface area contributed by atoms with Gasteiger partial charge >= 0.3 is 12.1 Å². The fraction of sp³-hybridized carbons (Fsp3) is 0.846. The maximum atomic E-state index is 11.5. The highest BCUT2D eigenvalue weighted by molar-refractivity contribution is 5.72. The van der Waals surface area contributed by atoms with Gasteiger partial charge in [0.05, 0.1) is 19.1 Å². The van der Waals surface area contributed by atoms with Gasteiger partial charge in [-0.1, -0.05) is 6.92 Å². The number of alkyl carbamates (subject to hydrolysis) is 1. The van der Waals surface area contributed by atoms with E-state index < -0.39 is 11.7 Å². The molecular weight excluding hydrogens is 248 g/mol. The molecule has 0 spiro atoms. The van der Waals surface area contributed by atoms with Gasteiger partial charge in [-0.15, -0.1) is 0 Å². The van der Waals surface area contributed by atoms with Crippen molar-refractivity contribution < 1.29 is 19.1 Å². The van der Waals surface area contributed by atoms with Crippen LogP contribution >= 0.6 is 0 Å². The molecule has 0 bridgehead atoms. The number of esters is 1. The summed E-state index contributed by atoms with van der Waals surface area (Å²) in [6.45, 7) is 9.45. The number of rotatable bonds is 4. The van der Waals surface area contributed by atoms with Crippen molar-refractivity contribution in [2.45, 2.75) is 39.3 Å². The lowest BCUT2D eigenvalue weighted by molar-refractivity contribution is -0.145. The molecule has 0 saturated carbocycles. The molecule has 1 saturated heterocycles. The zero-order valence-electron chi connectivity index (χ0n) is 12.4. The van der Waals surface area contributed by atoms with E-state index in [4.69, 9.17) is 4.74 Å². The van der Waals surface area contributed by atoms with E-state index in [9.17, 15) is 9.59 Å². The van der Waals surface area contributed by atoms with Crippen LogP contribution in [0.5, 0.6) is 0 Å². The second-order valence-corrected chi connectivity index (χ2v) is 5.99. The molecule has 1 rings (SSSR count). The van der Waals surface area contributed by atoms with Crippen LogP contribution < -0.4 is 5.32 Å². The first kappa shape index (κ1) is 15.8. The number of methoxy groups -OCH3 is 1. The molecule has 1 atom stereocenters. The van der Waals surface area contributed by atoms with Crippen LogP contribution in [-0.2, 0) is 14.3 Å². The van der Waals surface area contributed by atoms with E-state index in [2.05, 4.69) is 15.0 Å². The van der Waals surface area contributed by atoms with Gasteiger partial charge in [0.25, 0.3) is 0 Å². The SMILES string of the molecule is COC(=O)[C@@H](C)CN1CC(NC(=O)OC(C)(C)C)C1. The van der Waals surface area contributed by atoms with Crippen LogP contribution in [0.2, 0.25) is 0 Å². The summed E-state index contributed by atoms with van der Waals surface area (Å²) in [5, 5.41) is 2.80. The van der Waals surface area contributed by atoms with E-state index in [0.29, 0.717) is 6.54 Å². The molecule has 1 amide bonds. The molecule has 0 radical (unpaired) electrons. The van der Waals surface area contributed by atoms with Crippen molar-refractivity contribution in [3.05, 3.63) is 0 Å². The highest BCUT2D eigenvalue weighted by Gasteiger charge is 2.31. The highest BCUT2D eigenvalue weighted by atomic mass is 16.6. The molecule has 0 aromatic carbocycles. The lowest BCUT2D eigenvalue weighted by atomic mass is 10.1. The molecule has 19 heavy (non-hydrogen) atoms. The standard InChI is InChI=1S/C13H24N2O4/c1-9(11(16)18-5)6-15-7-10(8-15)14-12(17)19-13(2,3)4/h9-10H,6-8H2,1-5H3,(H,14,17)/t9-/m0/s1. The van der Waals surface area contributed by atoms with Crippen LogP contribution in [0.25, 0.3) is 0 Å². The fourth-order valence-electron chi connectivity index (χ4n) is 1.95. The molecular formula is C13H24N2O4. The van der Waals surface area contributed by atoms with Gasteiger partial charge in [0.15, 0.2) is 0 Å². The summed E-state index contributed by atoms with van der Waals surface area (Å²) in [5.41, 5.74) is -0.479. The van der Waals surface area contributed by atoms with Gasteiger partial charge in [-0.3, -0.25) is 9.69 Å². The van der Waals surface area contributed by atoms with Crippen LogP contribution in [-0.4, -0.2) is 55.3 Å². The van der Waals surface area contributed by atoms with Gasteiger partial charge in [-0.25, -0.2) is 4.79 Å². The number of ether oxygens (including phenoxy) is 2. The number of carbonyl (C=O) groups excluding carboxylic acids is 2. The van der Waals surface area contributed by atoms with Crippen molar-refractivity contribution in [1.82, 2.24) is 10.2 Å². The lowest BCUT2D eigenvalue weighted by Crippen LogP contribution is -2.60. The Morgan fingerprint density at radius 3 is 2.42 bits per heavy atom. The fourth-order valence-corrected chi connectivity index (χ4v) is 1.95. The summed E-state index contributed by atoms with van der Waals surface area (Å²) >= 11 is 0. The molecule has 1 fully saturated rings. The van der Waals surface area contributed by atoms with Crippen LogP contribution in [0.3, 0.4) is 0 Å². The van der Waals surface area contributed by atoms with Crippen molar-refractivity contribution >= 4 is 12.1 Å². The minimum atomic E-state index is -0.479. The number of nitrogens with one attached hydrogen (secondary N) is 1. The Morgan fingerprint density at radius 1 is 1.37 bits per heavy atom. The van der Waals surface area contributed by atoms with Crippen molar-refractivity contribution in [3.63, 3.8) is 0 Å². The van der Waals surface area contributed by atoms with E-state index in [-0.39, 0.29) is 17.9 Å². The Kier molecular flexibility index (Phi) is 5.17. The lowest BCUT2D eigenvalue weighted by Gasteiger charge is -2.40. The van der Waals surface area contributed by atoms with Crippen molar-refractivity contribution in [1.29, 1.82) is 0 Å². The van der Waals surface area contributed by atoms with Gasteiger partial charge in [0.2, 0.25) is 0 Å². The van der Waals surface area contributed by atoms with Crippen molar-refractivity contribution in [2.75, 3.05) is 26.7 Å². The van der Waals surface area contributed by atoms with E-state index in [1.165, 1.54) is 7.11 Å². The monoisotopic (exact) mass is 272 g/mol. The predicted molar refractivity (Wildman–Crippen MR) is 70.8 cm³/mol. The van der Waals surface area contributed by atoms with Gasteiger partial charge in [-0.2, -0.15) is 0 Å². The molecule has 110 valence electrons. The Labute approximate surface area is 114 Å². The number of hydrogen-bond acceptors (Lipinski definition) is 5. The molecule has 6 heteroatoms. The third-order valence-electron chi connectivity index (χ3n) is 2.81. The van der Waals surface area contributed by atoms with Gasteiger partial charge in [0, 0.05) is 19.6 Å². The summed E-state index contributed by atoms with van der Waals surface area (Å²) in [7, 11) is 1.39. The molecule has 1 N–H and O–H groups in total. The number of nitrogens with zero attached hydrogens (tertiary/aromatic N) is 1. The van der Waals surface area contributed by atoms with Gasteiger partial charge in [0.1, 0.15) is 5.60 Å². The highest BCUT2D eigenvalue weighted by Crippen LogP contribution is 2.13. The summed E-state index contributed by atoms with van der Waals surface area (Å²) < 4.78 is 9.85. The molecule has 1 aliphatic heterocycles. The van der Waals surface area contributed by atoms with Gasteiger partial charge < -0.3 is 14.8 Å². The zero-order chi connectivity index (χ0) is 14.6. The summed E-state index contributed by atoms with van der Waals surface area (Å²) in [6.07, 6.45) is -0.391. The molecule has 1 heterocycles. The first-order valence-electron chi connectivity index (χ1n) is 6.51. The second-order valence-electron chi connectivity index (χ2n) is 5.99. The predicted octanol–water partition coefficient (Wildman–Crippen LogP) is 1.00. The second kappa shape index (κ2) is 6.23. The zero-order valence-corrected chi connectivity index (χ0v) is 12.4. The maximum Gasteiger partial charge on any atom is 0.407 e. The van der Waals surface area contributed by atoms with E-state index in [1.54, 1.807) is 0 Å². The number of amides is 1. The van der Waals surface area contributed by atoms with Gasteiger partial charge in [-0.05, 0) is 20.8 Å². The third-order valence-corrected chi connectivity index (χ3v) is 2.81. The van der Waals surface area contributed by atoms with Crippen LogP contribution in [0.15, 0.2) is 0 Å². The summed E-state index contributed by atoms with van der Waals surface area (Å²) in [5.74, 6) is -0.351. The van der Waals surface area contributed by atoms with Crippen LogP contribution in [0, 0.1) is 5.92 Å². The van der Waals surface area contributed by atoms with Crippen LogP contribution in [0.1, 0.15) is 27.7 Å². The first-order valence-corrected chi connectivity index (χ1v) is 6.51. The third kappa shape index (κ3) is 5.46. The van der Waals surface area contributed by atoms with E-state index in [0.717, 1.165) is 13.1 Å². The topological polar surface area (TPSA) is 67.9 Å². The average Bonchev–Trinajstić information content (AvgIpc) is 2.22. The normalized spacial score (nSPS) is 18.4. The maximum absolute atomic E-state index is 11.5. The van der Waals surface area contributed by atoms with E-state index >= 15 is 0 Å². The first-order chi connectivity index (χ1) is 8.71. The largest absolute Gasteiger partial charge is 0.469 e. The molecule has 0 aliphatic carbocycles. The average molecular weight is 272 g/mol. The molecule has 1 aliphatic rings. The minimum Gasteiger partial charge on any atom is -0.469 e. The molecule has 0 aromatic rings. The van der Waals surface area contributed by atoms with Crippen molar-refractivity contribution in [3.8, 4) is 0 Å². The quantitative estimate of drug-likeness (QED) is 0.773. The number of carbonyl (C=O) groups is 2. The Hall–Kier alpha value is -1.30. The van der Waals surface area contributed by atoms with Crippen LogP contribution in [0.4, 0.5) is 4.79 Å². The van der Waals surface area contributed by atoms with E-state index in [1.807, 2.05) is 27.7 Å². The summed E-state index contributed by atoms with van der Waals surface area (Å²) in [4.78, 5) is 24.9. The number of hydrogen-bond donors (Lipinski definition) is 1. The Balaban J connectivity index is 2.20. The Bertz CT molecular complexity index is 332. The van der Waals surface area contributed by atoms with Crippen molar-refractivity contribution in [2.24, 2.45) is 5.92 Å². The minimum absolute atomic E-state index is 0.0969. The summed E-state index contributed by atoms with van der Waals surface area (Å²) in [6, 6.07) is 0.0969. The molecule has 0 aromatic heterocycles. The Morgan fingerprint density at radius 2 is 1.95 bits per heavy atom. The molecule has 0 unspecified atom stereocenters.